The van der Waals surface area contributed by atoms with Gasteiger partial charge < -0.3 is 20.5 Å². The highest BCUT2D eigenvalue weighted by Gasteiger charge is 2.61. The van der Waals surface area contributed by atoms with Crippen LogP contribution in [-0.4, -0.2) is 36.2 Å². The van der Waals surface area contributed by atoms with Gasteiger partial charge in [0.2, 0.25) is 11.8 Å². The second-order valence-corrected chi connectivity index (χ2v) is 7.83. The first kappa shape index (κ1) is 19.7. The van der Waals surface area contributed by atoms with Crippen LogP contribution in [0.3, 0.4) is 0 Å². The molecule has 2 aliphatic heterocycles. The van der Waals surface area contributed by atoms with Gasteiger partial charge in [-0.15, -0.1) is 0 Å². The van der Waals surface area contributed by atoms with Gasteiger partial charge in [0, 0.05) is 17.3 Å². The van der Waals surface area contributed by atoms with Crippen LogP contribution in [0.2, 0.25) is 5.02 Å². The molecule has 2 aromatic carbocycles. The Morgan fingerprint density at radius 3 is 2.69 bits per heavy atom. The number of carbonyl (C=O) groups excluding carboxylic acids is 2. The summed E-state index contributed by atoms with van der Waals surface area (Å²) in [6.45, 7) is 1.64. The van der Waals surface area contributed by atoms with Crippen LogP contribution in [0, 0.1) is 5.92 Å². The van der Waals surface area contributed by atoms with Crippen LogP contribution in [0.4, 0.5) is 11.4 Å². The van der Waals surface area contributed by atoms with Gasteiger partial charge >= 0.3 is 0 Å². The molecule has 1 saturated heterocycles. The highest BCUT2D eigenvalue weighted by Crippen LogP contribution is 2.49. The Bertz CT molecular complexity index is 963. The fraction of sp³-hybridized carbons (Fsp3) is 0.333. The van der Waals surface area contributed by atoms with Crippen LogP contribution in [-0.2, 0) is 15.1 Å². The standard InChI is InChI=1S/C21H22ClN3O4/c1-11(26)17-10-15(19(27)23-12-6-8-13(29-2)9-7-12)21(25-17)14-4-3-5-16(22)18(14)24-20(21)28/h3-9,11,15,17,25-26H,10H2,1-2H3,(H,23,27)(H,24,28)/t11-,15-,17+,21+/m1/s1. The highest BCUT2D eigenvalue weighted by molar-refractivity contribution is 6.35. The topological polar surface area (TPSA) is 99.7 Å². The number of para-hydroxylation sites is 1. The number of halogens is 1. The number of ether oxygens (including phenoxy) is 1. The smallest absolute Gasteiger partial charge is 0.250 e. The number of hydrogen-bond donors (Lipinski definition) is 4. The second kappa shape index (κ2) is 7.33. The summed E-state index contributed by atoms with van der Waals surface area (Å²) >= 11 is 6.28. The van der Waals surface area contributed by atoms with Crippen molar-refractivity contribution in [1.29, 1.82) is 0 Å². The number of nitrogens with one attached hydrogen (secondary N) is 3. The fourth-order valence-electron chi connectivity index (χ4n) is 4.21. The molecule has 29 heavy (non-hydrogen) atoms. The van der Waals surface area contributed by atoms with Crippen LogP contribution < -0.4 is 20.7 Å². The van der Waals surface area contributed by atoms with Crippen molar-refractivity contribution in [3.63, 3.8) is 0 Å². The molecular formula is C21H22ClN3O4. The lowest BCUT2D eigenvalue weighted by Crippen LogP contribution is -2.53. The average Bonchev–Trinajstić information content (AvgIpc) is 3.24. The molecule has 2 amide bonds. The van der Waals surface area contributed by atoms with Gasteiger partial charge in [-0.05, 0) is 43.7 Å². The van der Waals surface area contributed by atoms with Crippen molar-refractivity contribution in [2.24, 2.45) is 5.92 Å². The molecule has 152 valence electrons. The monoisotopic (exact) mass is 415 g/mol. The quantitative estimate of drug-likeness (QED) is 0.614. The van der Waals surface area contributed by atoms with E-state index in [1.54, 1.807) is 56.5 Å². The van der Waals surface area contributed by atoms with Crippen molar-refractivity contribution in [3.8, 4) is 5.75 Å². The van der Waals surface area contributed by atoms with E-state index in [1.165, 1.54) is 0 Å². The lowest BCUT2D eigenvalue weighted by molar-refractivity contribution is -0.130. The lowest BCUT2D eigenvalue weighted by Gasteiger charge is -2.29. The summed E-state index contributed by atoms with van der Waals surface area (Å²) < 4.78 is 5.14. The van der Waals surface area contributed by atoms with E-state index >= 15 is 0 Å². The molecule has 0 radical (unpaired) electrons. The van der Waals surface area contributed by atoms with Crippen molar-refractivity contribution < 1.29 is 19.4 Å². The number of amides is 2. The maximum atomic E-state index is 13.3. The fourth-order valence-corrected chi connectivity index (χ4v) is 4.43. The Kier molecular flexibility index (Phi) is 4.98. The molecule has 0 unspecified atom stereocenters. The summed E-state index contributed by atoms with van der Waals surface area (Å²) in [7, 11) is 1.57. The third-order valence-electron chi connectivity index (χ3n) is 5.72. The molecule has 1 fully saturated rings. The summed E-state index contributed by atoms with van der Waals surface area (Å²) in [4.78, 5) is 26.4. The van der Waals surface area contributed by atoms with Gasteiger partial charge in [-0.1, -0.05) is 23.7 Å². The zero-order valence-corrected chi connectivity index (χ0v) is 16.8. The minimum atomic E-state index is -1.29. The summed E-state index contributed by atoms with van der Waals surface area (Å²) in [6.07, 6.45) is -0.430. The second-order valence-electron chi connectivity index (χ2n) is 7.42. The van der Waals surface area contributed by atoms with Crippen LogP contribution >= 0.6 is 11.6 Å². The molecule has 8 heteroatoms. The number of anilines is 2. The van der Waals surface area contributed by atoms with Gasteiger partial charge in [-0.3, -0.25) is 14.9 Å². The van der Waals surface area contributed by atoms with Crippen LogP contribution in [0.15, 0.2) is 42.5 Å². The van der Waals surface area contributed by atoms with E-state index in [2.05, 4.69) is 16.0 Å². The third-order valence-corrected chi connectivity index (χ3v) is 6.03. The molecule has 4 N–H and O–H groups in total. The van der Waals surface area contributed by atoms with Gasteiger partial charge in [0.15, 0.2) is 0 Å². The van der Waals surface area contributed by atoms with E-state index in [0.717, 1.165) is 0 Å². The molecule has 0 saturated carbocycles. The largest absolute Gasteiger partial charge is 0.497 e. The molecule has 0 aliphatic carbocycles. The van der Waals surface area contributed by atoms with Gasteiger partial charge in [0.25, 0.3) is 0 Å². The average molecular weight is 416 g/mol. The number of aliphatic hydroxyl groups excluding tert-OH is 1. The minimum Gasteiger partial charge on any atom is -0.497 e. The molecule has 7 nitrogen and oxygen atoms in total. The van der Waals surface area contributed by atoms with Gasteiger partial charge in [-0.2, -0.15) is 0 Å². The number of aliphatic hydroxyl groups is 1. The molecule has 2 heterocycles. The van der Waals surface area contributed by atoms with Crippen LogP contribution in [0.25, 0.3) is 0 Å². The number of benzene rings is 2. The molecule has 4 rings (SSSR count). The van der Waals surface area contributed by atoms with E-state index in [1.807, 2.05) is 0 Å². The SMILES string of the molecule is COc1ccc(NC(=O)[C@H]2C[C@@H]([C@@H](C)O)N[C@]23C(=O)Nc2c(Cl)cccc23)cc1. The third kappa shape index (κ3) is 3.15. The summed E-state index contributed by atoms with van der Waals surface area (Å²) in [6, 6.07) is 11.8. The normalized spacial score (nSPS) is 26.1. The Morgan fingerprint density at radius 1 is 1.31 bits per heavy atom. The molecule has 0 bridgehead atoms. The van der Waals surface area contributed by atoms with Gasteiger partial charge in [0.1, 0.15) is 11.3 Å². The van der Waals surface area contributed by atoms with Gasteiger partial charge in [-0.25, -0.2) is 0 Å². The van der Waals surface area contributed by atoms with Gasteiger partial charge in [0.05, 0.1) is 29.8 Å². The predicted octanol–water partition coefficient (Wildman–Crippen LogP) is 2.49. The van der Waals surface area contributed by atoms with Crippen molar-refractivity contribution >= 4 is 34.8 Å². The van der Waals surface area contributed by atoms with Crippen molar-refractivity contribution in [2.75, 3.05) is 17.7 Å². The zero-order chi connectivity index (χ0) is 20.8. The Morgan fingerprint density at radius 2 is 2.03 bits per heavy atom. The van der Waals surface area contributed by atoms with E-state index in [4.69, 9.17) is 16.3 Å². The summed E-state index contributed by atoms with van der Waals surface area (Å²) in [5, 5.41) is 19.5. The molecule has 2 aromatic rings. The van der Waals surface area contributed by atoms with Crippen LogP contribution in [0.1, 0.15) is 18.9 Å². The number of fused-ring (bicyclic) bond motifs is 2. The Balaban J connectivity index is 1.71. The number of hydrogen-bond acceptors (Lipinski definition) is 5. The van der Waals surface area contributed by atoms with Crippen LogP contribution in [0.5, 0.6) is 5.75 Å². The molecule has 1 spiro atoms. The minimum absolute atomic E-state index is 0.305. The van der Waals surface area contributed by atoms with E-state index in [9.17, 15) is 14.7 Å². The Hall–Kier alpha value is -2.61. The maximum absolute atomic E-state index is 13.3. The van der Waals surface area contributed by atoms with Crippen molar-refractivity contribution in [2.45, 2.75) is 31.0 Å². The first-order chi connectivity index (χ1) is 13.9. The van der Waals surface area contributed by atoms with Crippen molar-refractivity contribution in [3.05, 3.63) is 53.1 Å². The van der Waals surface area contributed by atoms with E-state index in [0.29, 0.717) is 34.1 Å². The van der Waals surface area contributed by atoms with Crippen molar-refractivity contribution in [1.82, 2.24) is 5.32 Å². The molecule has 0 aromatic heterocycles. The summed E-state index contributed by atoms with van der Waals surface area (Å²) in [5.74, 6) is -0.716. The number of carbonyl (C=O) groups is 2. The van der Waals surface area contributed by atoms with E-state index in [-0.39, 0.29) is 11.8 Å². The first-order valence-electron chi connectivity index (χ1n) is 9.38. The zero-order valence-electron chi connectivity index (χ0n) is 16.0. The Labute approximate surface area is 173 Å². The van der Waals surface area contributed by atoms with E-state index < -0.39 is 23.6 Å². The maximum Gasteiger partial charge on any atom is 0.250 e. The highest BCUT2D eigenvalue weighted by atomic mass is 35.5. The molecule has 2 aliphatic rings. The molecular weight excluding hydrogens is 394 g/mol. The first-order valence-corrected chi connectivity index (χ1v) is 9.75. The lowest BCUT2D eigenvalue weighted by atomic mass is 9.79. The summed E-state index contributed by atoms with van der Waals surface area (Å²) in [5.41, 5.74) is 0.419. The predicted molar refractivity (Wildman–Crippen MR) is 110 cm³/mol. The number of rotatable bonds is 4. The molecule has 4 atom stereocenters. The number of methoxy groups -OCH3 is 1.